The lowest BCUT2D eigenvalue weighted by Gasteiger charge is -2.13. The number of hydrogen-bond acceptors (Lipinski definition) is 9. The Labute approximate surface area is 193 Å². The number of amides is 2. The van der Waals surface area contributed by atoms with E-state index in [1.54, 1.807) is 31.2 Å². The largest absolute Gasteiger partial charge is 0.490 e. The molecule has 1 fully saturated rings. The molecule has 33 heavy (non-hydrogen) atoms. The highest BCUT2D eigenvalue weighted by Crippen LogP contribution is 2.36. The van der Waals surface area contributed by atoms with Crippen LogP contribution in [-0.4, -0.2) is 47.3 Å². The Morgan fingerprint density at radius 1 is 1.15 bits per heavy atom. The van der Waals surface area contributed by atoms with Crippen molar-refractivity contribution < 1.29 is 33.5 Å². The van der Waals surface area contributed by atoms with E-state index in [2.05, 4.69) is 4.74 Å². The van der Waals surface area contributed by atoms with Gasteiger partial charge in [-0.05, 0) is 42.5 Å². The van der Waals surface area contributed by atoms with E-state index in [-0.39, 0.29) is 29.3 Å². The van der Waals surface area contributed by atoms with Gasteiger partial charge >= 0.3 is 5.97 Å². The standard InChI is InChI=1S/C22H20N2O8S/c1-3-31-18-10-14(8-9-17(18)32-13-20(25)30-2)11-19-21(26)23(22(27)33-19)12-15-6-4-5-7-16(15)24(28)29/h4-11H,3,12-13H2,1-2H3/b19-11+. The molecule has 0 unspecified atom stereocenters. The van der Waals surface area contributed by atoms with Gasteiger partial charge in [-0.2, -0.15) is 0 Å². The summed E-state index contributed by atoms with van der Waals surface area (Å²) in [5.41, 5.74) is 0.668. The molecule has 2 aromatic rings. The number of nitrogens with zero attached hydrogens (tertiary/aromatic N) is 2. The molecule has 3 rings (SSSR count). The van der Waals surface area contributed by atoms with Crippen LogP contribution in [0.5, 0.6) is 11.5 Å². The van der Waals surface area contributed by atoms with Gasteiger partial charge in [0.25, 0.3) is 16.8 Å². The lowest BCUT2D eigenvalue weighted by molar-refractivity contribution is -0.385. The zero-order valence-electron chi connectivity index (χ0n) is 17.8. The van der Waals surface area contributed by atoms with Crippen molar-refractivity contribution in [2.75, 3.05) is 20.3 Å². The number of benzene rings is 2. The third-order valence-corrected chi connectivity index (χ3v) is 5.44. The summed E-state index contributed by atoms with van der Waals surface area (Å²) in [5.74, 6) is -0.417. The van der Waals surface area contributed by atoms with E-state index in [0.29, 0.717) is 23.7 Å². The van der Waals surface area contributed by atoms with Crippen molar-refractivity contribution in [1.29, 1.82) is 0 Å². The number of nitro benzene ring substituents is 1. The molecular formula is C22H20N2O8S. The molecule has 10 nitrogen and oxygen atoms in total. The number of rotatable bonds is 9. The maximum absolute atomic E-state index is 12.8. The van der Waals surface area contributed by atoms with Crippen LogP contribution in [0.2, 0.25) is 0 Å². The summed E-state index contributed by atoms with van der Waals surface area (Å²) in [6.45, 7) is 1.62. The molecule has 1 aliphatic heterocycles. The highest BCUT2D eigenvalue weighted by molar-refractivity contribution is 8.18. The Kier molecular flexibility index (Phi) is 7.67. The molecule has 0 aliphatic carbocycles. The van der Waals surface area contributed by atoms with Gasteiger partial charge in [0.1, 0.15) is 0 Å². The molecule has 0 spiro atoms. The fraction of sp³-hybridized carbons (Fsp3) is 0.227. The normalized spacial score (nSPS) is 14.5. The first-order chi connectivity index (χ1) is 15.8. The predicted octanol–water partition coefficient (Wildman–Crippen LogP) is 3.78. The Balaban J connectivity index is 1.81. The highest BCUT2D eigenvalue weighted by Gasteiger charge is 2.36. The molecule has 2 aromatic carbocycles. The van der Waals surface area contributed by atoms with Crippen molar-refractivity contribution >= 4 is 40.6 Å². The van der Waals surface area contributed by atoms with Crippen LogP contribution in [0.25, 0.3) is 6.08 Å². The molecule has 0 radical (unpaired) electrons. The molecule has 0 aromatic heterocycles. The Bertz CT molecular complexity index is 1130. The van der Waals surface area contributed by atoms with Gasteiger partial charge in [-0.3, -0.25) is 24.6 Å². The van der Waals surface area contributed by atoms with Crippen molar-refractivity contribution in [2.45, 2.75) is 13.5 Å². The zero-order chi connectivity index (χ0) is 24.0. The summed E-state index contributed by atoms with van der Waals surface area (Å²) in [6, 6.07) is 10.8. The van der Waals surface area contributed by atoms with Crippen LogP contribution < -0.4 is 9.47 Å². The number of carbonyl (C=O) groups excluding carboxylic acids is 3. The maximum Gasteiger partial charge on any atom is 0.343 e. The average molecular weight is 472 g/mol. The molecule has 1 saturated heterocycles. The summed E-state index contributed by atoms with van der Waals surface area (Å²) >= 11 is 0.746. The van der Waals surface area contributed by atoms with E-state index < -0.39 is 22.0 Å². The Morgan fingerprint density at radius 2 is 1.91 bits per heavy atom. The van der Waals surface area contributed by atoms with E-state index in [1.165, 1.54) is 31.4 Å². The molecule has 0 N–H and O–H groups in total. The third kappa shape index (κ3) is 5.69. The number of para-hydroxylation sites is 1. The minimum absolute atomic E-state index is 0.163. The number of hydrogen-bond donors (Lipinski definition) is 0. The summed E-state index contributed by atoms with van der Waals surface area (Å²) in [4.78, 5) is 48.4. The second kappa shape index (κ2) is 10.6. The molecular weight excluding hydrogens is 452 g/mol. The van der Waals surface area contributed by atoms with Gasteiger partial charge in [0.05, 0.1) is 30.1 Å². The Hall–Kier alpha value is -3.86. The molecule has 0 atom stereocenters. The van der Waals surface area contributed by atoms with Gasteiger partial charge < -0.3 is 14.2 Å². The lowest BCUT2D eigenvalue weighted by Crippen LogP contribution is -2.27. The molecule has 0 saturated carbocycles. The summed E-state index contributed by atoms with van der Waals surface area (Å²) in [6.07, 6.45) is 1.52. The van der Waals surface area contributed by atoms with Crippen molar-refractivity contribution in [3.05, 3.63) is 68.6 Å². The van der Waals surface area contributed by atoms with Crippen molar-refractivity contribution in [2.24, 2.45) is 0 Å². The average Bonchev–Trinajstić information content (AvgIpc) is 3.06. The van der Waals surface area contributed by atoms with E-state index in [1.807, 2.05) is 0 Å². The predicted molar refractivity (Wildman–Crippen MR) is 120 cm³/mol. The van der Waals surface area contributed by atoms with Crippen LogP contribution >= 0.6 is 11.8 Å². The van der Waals surface area contributed by atoms with E-state index >= 15 is 0 Å². The molecule has 11 heteroatoms. The van der Waals surface area contributed by atoms with Crippen molar-refractivity contribution in [1.82, 2.24) is 4.90 Å². The zero-order valence-corrected chi connectivity index (χ0v) is 18.6. The monoisotopic (exact) mass is 472 g/mol. The van der Waals surface area contributed by atoms with Gasteiger partial charge in [-0.15, -0.1) is 0 Å². The van der Waals surface area contributed by atoms with E-state index in [9.17, 15) is 24.5 Å². The number of thioether (sulfide) groups is 1. The summed E-state index contributed by atoms with van der Waals surface area (Å²) in [7, 11) is 1.25. The first kappa shape index (κ1) is 23.8. The van der Waals surface area contributed by atoms with Crippen molar-refractivity contribution in [3.63, 3.8) is 0 Å². The highest BCUT2D eigenvalue weighted by atomic mass is 32.2. The van der Waals surface area contributed by atoms with Crippen molar-refractivity contribution in [3.8, 4) is 11.5 Å². The van der Waals surface area contributed by atoms with Gasteiger partial charge in [-0.25, -0.2) is 4.79 Å². The van der Waals surface area contributed by atoms with E-state index in [0.717, 1.165) is 16.7 Å². The number of esters is 1. The smallest absolute Gasteiger partial charge is 0.343 e. The third-order valence-electron chi connectivity index (χ3n) is 4.53. The van der Waals surface area contributed by atoms with Gasteiger partial charge in [0, 0.05) is 11.6 Å². The van der Waals surface area contributed by atoms with Gasteiger partial charge in [-0.1, -0.05) is 24.3 Å². The summed E-state index contributed by atoms with van der Waals surface area (Å²) in [5, 5.41) is 10.7. The fourth-order valence-electron chi connectivity index (χ4n) is 2.98. The second-order valence-electron chi connectivity index (χ2n) is 6.66. The van der Waals surface area contributed by atoms with Crippen LogP contribution in [0.15, 0.2) is 47.4 Å². The van der Waals surface area contributed by atoms with Crippen LogP contribution in [0.3, 0.4) is 0 Å². The topological polar surface area (TPSA) is 125 Å². The van der Waals surface area contributed by atoms with Crippen LogP contribution in [0, 0.1) is 10.1 Å². The van der Waals surface area contributed by atoms with Crippen LogP contribution in [0.4, 0.5) is 10.5 Å². The number of carbonyl (C=O) groups is 3. The number of ether oxygens (including phenoxy) is 3. The van der Waals surface area contributed by atoms with Crippen LogP contribution in [-0.2, 0) is 20.9 Å². The molecule has 1 heterocycles. The van der Waals surface area contributed by atoms with E-state index in [4.69, 9.17) is 9.47 Å². The molecule has 0 bridgehead atoms. The maximum atomic E-state index is 12.8. The lowest BCUT2D eigenvalue weighted by atomic mass is 10.1. The molecule has 2 amide bonds. The molecule has 172 valence electrons. The van der Waals surface area contributed by atoms with Gasteiger partial charge in [0.2, 0.25) is 0 Å². The van der Waals surface area contributed by atoms with Crippen LogP contribution in [0.1, 0.15) is 18.1 Å². The number of methoxy groups -OCH3 is 1. The quantitative estimate of drug-likeness (QED) is 0.232. The number of nitro groups is 1. The first-order valence-corrected chi connectivity index (χ1v) is 10.6. The SMILES string of the molecule is CCOc1cc(/C=C2/SC(=O)N(Cc3ccccc3[N+](=O)[O-])C2=O)ccc1OCC(=O)OC. The number of imide groups is 1. The first-order valence-electron chi connectivity index (χ1n) is 9.78. The molecule has 1 aliphatic rings. The van der Waals surface area contributed by atoms with Gasteiger partial charge in [0.15, 0.2) is 18.1 Å². The Morgan fingerprint density at radius 3 is 2.61 bits per heavy atom. The summed E-state index contributed by atoms with van der Waals surface area (Å²) < 4.78 is 15.5. The minimum Gasteiger partial charge on any atom is -0.490 e. The fourth-order valence-corrected chi connectivity index (χ4v) is 3.82. The second-order valence-corrected chi connectivity index (χ2v) is 7.65. The minimum atomic E-state index is -0.552.